The summed E-state index contributed by atoms with van der Waals surface area (Å²) in [5, 5.41) is 4.18. The van der Waals surface area contributed by atoms with Gasteiger partial charge in [0.05, 0.1) is 5.75 Å². The molecule has 120 valence electrons. The zero-order valence-corrected chi connectivity index (χ0v) is 14.4. The van der Waals surface area contributed by atoms with E-state index in [4.69, 9.17) is 0 Å². The van der Waals surface area contributed by atoms with Crippen molar-refractivity contribution in [3.63, 3.8) is 0 Å². The molecule has 1 aliphatic rings. The van der Waals surface area contributed by atoms with Crippen LogP contribution in [0.15, 0.2) is 16.8 Å². The molecule has 1 N–H and O–H groups in total. The summed E-state index contributed by atoms with van der Waals surface area (Å²) in [4.78, 5) is 4.69. The summed E-state index contributed by atoms with van der Waals surface area (Å²) in [6.45, 7) is 6.36. The molecule has 1 atom stereocenters. The van der Waals surface area contributed by atoms with Crippen LogP contribution in [0, 0.1) is 0 Å². The van der Waals surface area contributed by atoms with E-state index in [-0.39, 0.29) is 11.8 Å². The van der Waals surface area contributed by atoms with Gasteiger partial charge in [-0.1, -0.05) is 6.92 Å². The number of hydrogen-bond donors (Lipinski definition) is 1. The van der Waals surface area contributed by atoms with Crippen LogP contribution in [-0.4, -0.2) is 63.7 Å². The van der Waals surface area contributed by atoms with Gasteiger partial charge in [0.2, 0.25) is 10.0 Å². The Morgan fingerprint density at radius 1 is 1.33 bits per heavy atom. The molecule has 0 spiro atoms. The van der Waals surface area contributed by atoms with Gasteiger partial charge in [-0.2, -0.15) is 11.3 Å². The van der Waals surface area contributed by atoms with Crippen LogP contribution in [0.5, 0.6) is 0 Å². The Morgan fingerprint density at radius 3 is 2.62 bits per heavy atom. The number of nitrogens with one attached hydrogen (secondary N) is 1. The quantitative estimate of drug-likeness (QED) is 0.820. The molecule has 0 aromatic carbocycles. The first-order valence-electron chi connectivity index (χ1n) is 7.44. The standard InChI is InChI=1S/C14H25N3O2S2/c1-3-10-21(18,19)15-11-14(13-4-9-20-12-13)17-7-5-16(2)6-8-17/h4,9,12,14-15H,3,5-8,10-11H2,1-2H3. The minimum absolute atomic E-state index is 0.136. The molecular weight excluding hydrogens is 306 g/mol. The lowest BCUT2D eigenvalue weighted by Crippen LogP contribution is -2.48. The summed E-state index contributed by atoms with van der Waals surface area (Å²) >= 11 is 1.66. The van der Waals surface area contributed by atoms with E-state index >= 15 is 0 Å². The monoisotopic (exact) mass is 331 g/mol. The van der Waals surface area contributed by atoms with Crippen LogP contribution in [0.1, 0.15) is 24.9 Å². The van der Waals surface area contributed by atoms with Gasteiger partial charge in [0.1, 0.15) is 0 Å². The number of likely N-dealkylation sites (N-methyl/N-ethyl adjacent to an activating group) is 1. The van der Waals surface area contributed by atoms with Gasteiger partial charge in [0.15, 0.2) is 0 Å². The van der Waals surface area contributed by atoms with Crippen molar-refractivity contribution in [2.45, 2.75) is 19.4 Å². The molecule has 1 aliphatic heterocycles. The summed E-state index contributed by atoms with van der Waals surface area (Å²) in [5.41, 5.74) is 1.21. The summed E-state index contributed by atoms with van der Waals surface area (Å²) in [7, 11) is -1.03. The fraction of sp³-hybridized carbons (Fsp3) is 0.714. The number of rotatable bonds is 7. The van der Waals surface area contributed by atoms with Gasteiger partial charge in [-0.3, -0.25) is 4.90 Å². The lowest BCUT2D eigenvalue weighted by Gasteiger charge is -2.37. The number of hydrogen-bond acceptors (Lipinski definition) is 5. The second kappa shape index (κ2) is 7.69. The topological polar surface area (TPSA) is 52.7 Å². The first-order valence-corrected chi connectivity index (χ1v) is 10.0. The van der Waals surface area contributed by atoms with Gasteiger partial charge in [-0.15, -0.1) is 0 Å². The Morgan fingerprint density at radius 2 is 2.05 bits per heavy atom. The Hall–Kier alpha value is -0.470. The highest BCUT2D eigenvalue weighted by Gasteiger charge is 2.25. The average Bonchev–Trinajstić information content (AvgIpc) is 2.95. The van der Waals surface area contributed by atoms with Crippen molar-refractivity contribution < 1.29 is 8.42 Å². The van der Waals surface area contributed by atoms with Crippen molar-refractivity contribution in [1.82, 2.24) is 14.5 Å². The molecule has 0 bridgehead atoms. The lowest BCUT2D eigenvalue weighted by molar-refractivity contribution is 0.113. The fourth-order valence-electron chi connectivity index (χ4n) is 2.60. The largest absolute Gasteiger partial charge is 0.304 e. The van der Waals surface area contributed by atoms with Gasteiger partial charge in [-0.05, 0) is 35.9 Å². The van der Waals surface area contributed by atoms with Gasteiger partial charge < -0.3 is 4.90 Å². The van der Waals surface area contributed by atoms with E-state index in [1.165, 1.54) is 5.56 Å². The maximum absolute atomic E-state index is 11.9. The zero-order chi connectivity index (χ0) is 15.3. The van der Waals surface area contributed by atoms with Crippen molar-refractivity contribution in [2.24, 2.45) is 0 Å². The second-order valence-corrected chi connectivity index (χ2v) is 8.29. The molecular formula is C14H25N3O2S2. The van der Waals surface area contributed by atoms with Crippen LogP contribution in [0.25, 0.3) is 0 Å². The van der Waals surface area contributed by atoms with Crippen molar-refractivity contribution in [1.29, 1.82) is 0 Å². The third-order valence-electron chi connectivity index (χ3n) is 3.88. The molecule has 2 heterocycles. The lowest BCUT2D eigenvalue weighted by atomic mass is 10.1. The first-order chi connectivity index (χ1) is 10.0. The van der Waals surface area contributed by atoms with E-state index < -0.39 is 10.0 Å². The maximum Gasteiger partial charge on any atom is 0.211 e. The van der Waals surface area contributed by atoms with Crippen LogP contribution in [0.3, 0.4) is 0 Å². The molecule has 0 saturated carbocycles. The predicted molar refractivity (Wildman–Crippen MR) is 88.2 cm³/mol. The first kappa shape index (κ1) is 16.9. The smallest absolute Gasteiger partial charge is 0.211 e. The van der Waals surface area contributed by atoms with Crippen LogP contribution in [0.4, 0.5) is 0 Å². The highest BCUT2D eigenvalue weighted by molar-refractivity contribution is 7.89. The molecule has 1 unspecified atom stereocenters. The molecule has 1 aromatic heterocycles. The number of nitrogens with zero attached hydrogens (tertiary/aromatic N) is 2. The second-order valence-electron chi connectivity index (χ2n) is 5.58. The van der Waals surface area contributed by atoms with Gasteiger partial charge in [0, 0.05) is 38.8 Å². The summed E-state index contributed by atoms with van der Waals surface area (Å²) in [6.07, 6.45) is 0.646. The van der Waals surface area contributed by atoms with E-state index in [1.807, 2.05) is 6.92 Å². The van der Waals surface area contributed by atoms with Gasteiger partial charge in [0.25, 0.3) is 0 Å². The highest BCUT2D eigenvalue weighted by Crippen LogP contribution is 2.23. The van der Waals surface area contributed by atoms with Crippen molar-refractivity contribution in [2.75, 3.05) is 45.5 Å². The molecule has 5 nitrogen and oxygen atoms in total. The zero-order valence-electron chi connectivity index (χ0n) is 12.8. The van der Waals surface area contributed by atoms with Gasteiger partial charge in [-0.25, -0.2) is 13.1 Å². The predicted octanol–water partition coefficient (Wildman–Crippen LogP) is 1.37. The number of thiophene rings is 1. The number of sulfonamides is 1. The molecule has 0 aliphatic carbocycles. The Bertz CT molecular complexity index is 508. The molecule has 7 heteroatoms. The fourth-order valence-corrected chi connectivity index (χ4v) is 4.40. The Balaban J connectivity index is 2.03. The van der Waals surface area contributed by atoms with Crippen molar-refractivity contribution >= 4 is 21.4 Å². The normalized spacial score (nSPS) is 19.7. The molecule has 0 radical (unpaired) electrons. The molecule has 2 rings (SSSR count). The van der Waals surface area contributed by atoms with E-state index in [0.717, 1.165) is 26.2 Å². The summed E-state index contributed by atoms with van der Waals surface area (Å²) in [5.74, 6) is 0.200. The number of piperazine rings is 1. The SMILES string of the molecule is CCCS(=O)(=O)NCC(c1ccsc1)N1CCN(C)CC1. The van der Waals surface area contributed by atoms with Crippen LogP contribution >= 0.6 is 11.3 Å². The van der Waals surface area contributed by atoms with Crippen molar-refractivity contribution in [3.8, 4) is 0 Å². The average molecular weight is 332 g/mol. The highest BCUT2D eigenvalue weighted by atomic mass is 32.2. The van der Waals surface area contributed by atoms with Crippen molar-refractivity contribution in [3.05, 3.63) is 22.4 Å². The Kier molecular flexibility index (Phi) is 6.19. The van der Waals surface area contributed by atoms with Crippen LogP contribution in [0.2, 0.25) is 0 Å². The molecule has 1 aromatic rings. The molecule has 21 heavy (non-hydrogen) atoms. The van der Waals surface area contributed by atoms with E-state index in [9.17, 15) is 8.42 Å². The maximum atomic E-state index is 11.9. The minimum atomic E-state index is -3.15. The van der Waals surface area contributed by atoms with E-state index in [1.54, 1.807) is 11.3 Å². The molecule has 1 saturated heterocycles. The van der Waals surface area contributed by atoms with Gasteiger partial charge >= 0.3 is 0 Å². The minimum Gasteiger partial charge on any atom is -0.304 e. The third-order valence-corrected chi connectivity index (χ3v) is 6.13. The third kappa shape index (κ3) is 5.03. The Labute approximate surface area is 132 Å². The molecule has 0 amide bonds. The van der Waals surface area contributed by atoms with Crippen LogP contribution in [-0.2, 0) is 10.0 Å². The summed E-state index contributed by atoms with van der Waals surface area (Å²) < 4.78 is 26.6. The summed E-state index contributed by atoms with van der Waals surface area (Å²) in [6, 6.07) is 2.23. The van der Waals surface area contributed by atoms with E-state index in [0.29, 0.717) is 13.0 Å². The van der Waals surface area contributed by atoms with Crippen LogP contribution < -0.4 is 4.72 Å². The van der Waals surface area contributed by atoms with E-state index in [2.05, 4.69) is 38.4 Å². The molecule has 1 fully saturated rings.